The zero-order valence-corrected chi connectivity index (χ0v) is 8.35. The highest BCUT2D eigenvalue weighted by atomic mass is 15.0. The molecule has 0 aliphatic heterocycles. The quantitative estimate of drug-likeness (QED) is 0.661. The molecule has 1 fully saturated rings. The molecule has 1 aliphatic carbocycles. The Hall–Kier alpha value is -0.990. The predicted molar refractivity (Wildman–Crippen MR) is 52.8 cm³/mol. The first kappa shape index (κ1) is 10.1. The van der Waals surface area contributed by atoms with Crippen LogP contribution in [0, 0.1) is 29.1 Å². The van der Waals surface area contributed by atoms with E-state index in [9.17, 15) is 0 Å². The van der Waals surface area contributed by atoms with Crippen LogP contribution in [0.15, 0.2) is 0 Å². The van der Waals surface area contributed by atoms with Crippen molar-refractivity contribution in [1.29, 1.82) is 5.26 Å². The standard InChI is InChI=1S/C11H16N2/c1-4-10(2,3)13-9-11(5-6-11)7-8-12/h1,13H,5-7,9H2,2-3H3. The molecule has 1 saturated carbocycles. The summed E-state index contributed by atoms with van der Waals surface area (Å²) in [5, 5.41) is 11.9. The van der Waals surface area contributed by atoms with Crippen LogP contribution in [0.25, 0.3) is 0 Å². The van der Waals surface area contributed by atoms with Crippen molar-refractivity contribution in [2.24, 2.45) is 5.41 Å². The summed E-state index contributed by atoms with van der Waals surface area (Å²) in [5.74, 6) is 2.69. The van der Waals surface area contributed by atoms with Crippen molar-refractivity contribution >= 4 is 0 Å². The molecule has 13 heavy (non-hydrogen) atoms. The first-order chi connectivity index (χ1) is 6.04. The third kappa shape index (κ3) is 2.76. The van der Waals surface area contributed by atoms with E-state index in [1.54, 1.807) is 0 Å². The highest BCUT2D eigenvalue weighted by Crippen LogP contribution is 2.48. The van der Waals surface area contributed by atoms with E-state index in [-0.39, 0.29) is 11.0 Å². The third-order valence-electron chi connectivity index (χ3n) is 2.68. The molecule has 0 bridgehead atoms. The summed E-state index contributed by atoms with van der Waals surface area (Å²) in [7, 11) is 0. The van der Waals surface area contributed by atoms with Crippen LogP contribution in [0.2, 0.25) is 0 Å². The number of terminal acetylenes is 1. The summed E-state index contributed by atoms with van der Waals surface area (Å²) < 4.78 is 0. The Morgan fingerprint density at radius 3 is 2.54 bits per heavy atom. The molecule has 1 aliphatic rings. The van der Waals surface area contributed by atoms with Crippen LogP contribution in [-0.2, 0) is 0 Å². The summed E-state index contributed by atoms with van der Waals surface area (Å²) >= 11 is 0. The molecule has 1 rings (SSSR count). The Kier molecular flexibility index (Phi) is 2.64. The maximum absolute atomic E-state index is 8.61. The van der Waals surface area contributed by atoms with Gasteiger partial charge in [0.05, 0.1) is 11.6 Å². The maximum atomic E-state index is 8.61. The van der Waals surface area contributed by atoms with Crippen molar-refractivity contribution in [2.75, 3.05) is 6.54 Å². The summed E-state index contributed by atoms with van der Waals surface area (Å²) in [5.41, 5.74) is -0.00604. The molecule has 0 aromatic rings. The van der Waals surface area contributed by atoms with Crippen LogP contribution >= 0.6 is 0 Å². The first-order valence-corrected chi connectivity index (χ1v) is 4.63. The average Bonchev–Trinajstić information content (AvgIpc) is 2.84. The summed E-state index contributed by atoms with van der Waals surface area (Å²) in [6.45, 7) is 4.84. The van der Waals surface area contributed by atoms with E-state index in [2.05, 4.69) is 17.3 Å². The minimum Gasteiger partial charge on any atom is -0.301 e. The van der Waals surface area contributed by atoms with Gasteiger partial charge in [-0.2, -0.15) is 5.26 Å². The van der Waals surface area contributed by atoms with E-state index in [1.165, 1.54) is 0 Å². The van der Waals surface area contributed by atoms with E-state index in [4.69, 9.17) is 11.7 Å². The molecule has 0 saturated heterocycles. The number of hydrogen-bond donors (Lipinski definition) is 1. The van der Waals surface area contributed by atoms with Crippen molar-refractivity contribution in [3.05, 3.63) is 0 Å². The fourth-order valence-corrected chi connectivity index (χ4v) is 1.22. The second-order valence-corrected chi connectivity index (χ2v) is 4.46. The van der Waals surface area contributed by atoms with Crippen LogP contribution in [0.1, 0.15) is 33.1 Å². The van der Waals surface area contributed by atoms with Crippen molar-refractivity contribution in [3.63, 3.8) is 0 Å². The number of hydrogen-bond acceptors (Lipinski definition) is 2. The number of rotatable bonds is 4. The van der Waals surface area contributed by atoms with Gasteiger partial charge in [0.1, 0.15) is 0 Å². The van der Waals surface area contributed by atoms with Gasteiger partial charge in [-0.05, 0) is 32.1 Å². The van der Waals surface area contributed by atoms with Crippen LogP contribution < -0.4 is 5.32 Å². The van der Waals surface area contributed by atoms with Gasteiger partial charge in [0.2, 0.25) is 0 Å². The summed E-state index contributed by atoms with van der Waals surface area (Å²) in [6, 6.07) is 2.23. The fraction of sp³-hybridized carbons (Fsp3) is 0.727. The molecule has 0 aromatic heterocycles. The molecular formula is C11H16N2. The Labute approximate surface area is 80.3 Å². The monoisotopic (exact) mass is 176 g/mol. The summed E-state index contributed by atoms with van der Waals surface area (Å²) in [6.07, 6.45) is 8.33. The molecule has 2 nitrogen and oxygen atoms in total. The number of nitrogens with one attached hydrogen (secondary N) is 1. The minimum atomic E-state index is -0.245. The lowest BCUT2D eigenvalue weighted by Crippen LogP contribution is -2.41. The molecular weight excluding hydrogens is 160 g/mol. The Morgan fingerprint density at radius 1 is 1.54 bits per heavy atom. The van der Waals surface area contributed by atoms with Crippen LogP contribution in [0.5, 0.6) is 0 Å². The molecule has 0 radical (unpaired) electrons. The van der Waals surface area contributed by atoms with Crippen LogP contribution in [0.4, 0.5) is 0 Å². The second kappa shape index (κ2) is 3.40. The van der Waals surface area contributed by atoms with Gasteiger partial charge >= 0.3 is 0 Å². The van der Waals surface area contributed by atoms with Gasteiger partial charge in [-0.1, -0.05) is 5.92 Å². The van der Waals surface area contributed by atoms with Gasteiger partial charge < -0.3 is 5.32 Å². The molecule has 70 valence electrons. The van der Waals surface area contributed by atoms with Crippen molar-refractivity contribution in [2.45, 2.75) is 38.6 Å². The number of nitriles is 1. The lowest BCUT2D eigenvalue weighted by molar-refractivity contribution is 0.397. The fourth-order valence-electron chi connectivity index (χ4n) is 1.22. The molecule has 0 atom stereocenters. The van der Waals surface area contributed by atoms with Crippen molar-refractivity contribution < 1.29 is 0 Å². The molecule has 0 unspecified atom stereocenters. The maximum Gasteiger partial charge on any atom is 0.0741 e. The first-order valence-electron chi connectivity index (χ1n) is 4.63. The van der Waals surface area contributed by atoms with E-state index in [1.807, 2.05) is 13.8 Å². The van der Waals surface area contributed by atoms with E-state index < -0.39 is 0 Å². The molecule has 0 spiro atoms. The van der Waals surface area contributed by atoms with Crippen molar-refractivity contribution in [1.82, 2.24) is 5.32 Å². The van der Waals surface area contributed by atoms with Gasteiger partial charge in [-0.25, -0.2) is 0 Å². The van der Waals surface area contributed by atoms with E-state index in [0.717, 1.165) is 19.4 Å². The lowest BCUT2D eigenvalue weighted by Gasteiger charge is -2.22. The minimum absolute atomic E-state index is 0.239. The zero-order chi connectivity index (χ0) is 9.95. The van der Waals surface area contributed by atoms with E-state index >= 15 is 0 Å². The molecule has 0 heterocycles. The topological polar surface area (TPSA) is 35.8 Å². The molecule has 1 N–H and O–H groups in total. The van der Waals surface area contributed by atoms with Gasteiger partial charge in [-0.15, -0.1) is 6.42 Å². The van der Waals surface area contributed by atoms with Crippen LogP contribution in [-0.4, -0.2) is 12.1 Å². The Morgan fingerprint density at radius 2 is 2.15 bits per heavy atom. The predicted octanol–water partition coefficient (Wildman–Crippen LogP) is 1.68. The normalized spacial score (nSPS) is 18.8. The lowest BCUT2D eigenvalue weighted by atomic mass is 10.0. The average molecular weight is 176 g/mol. The second-order valence-electron chi connectivity index (χ2n) is 4.46. The van der Waals surface area contributed by atoms with Gasteiger partial charge in [-0.3, -0.25) is 0 Å². The van der Waals surface area contributed by atoms with Crippen LogP contribution in [0.3, 0.4) is 0 Å². The van der Waals surface area contributed by atoms with Gasteiger partial charge in [0, 0.05) is 13.0 Å². The SMILES string of the molecule is C#CC(C)(C)NCC1(CC#N)CC1. The number of nitrogens with zero attached hydrogens (tertiary/aromatic N) is 1. The Bertz CT molecular complexity index is 261. The van der Waals surface area contributed by atoms with Crippen molar-refractivity contribution in [3.8, 4) is 18.4 Å². The largest absolute Gasteiger partial charge is 0.301 e. The Balaban J connectivity index is 2.36. The molecule has 0 amide bonds. The smallest absolute Gasteiger partial charge is 0.0741 e. The van der Waals surface area contributed by atoms with E-state index in [0.29, 0.717) is 6.42 Å². The van der Waals surface area contributed by atoms with Gasteiger partial charge in [0.25, 0.3) is 0 Å². The highest BCUT2D eigenvalue weighted by molar-refractivity contribution is 5.10. The third-order valence-corrected chi connectivity index (χ3v) is 2.68. The molecule has 0 aromatic carbocycles. The molecule has 2 heteroatoms. The summed E-state index contributed by atoms with van der Waals surface area (Å²) in [4.78, 5) is 0. The highest BCUT2D eigenvalue weighted by Gasteiger charge is 2.42. The van der Waals surface area contributed by atoms with Gasteiger partial charge in [0.15, 0.2) is 0 Å². The zero-order valence-electron chi connectivity index (χ0n) is 8.35.